The molecule has 0 N–H and O–H groups in total. The second-order valence-electron chi connectivity index (χ2n) is 4.04. The van der Waals surface area contributed by atoms with Crippen LogP contribution in [0, 0.1) is 11.3 Å². The van der Waals surface area contributed by atoms with E-state index in [2.05, 4.69) is 0 Å². The Hall–Kier alpha value is -1.56. The number of pyridine rings is 1. The van der Waals surface area contributed by atoms with Crippen LogP contribution >= 0.6 is 0 Å². The monoisotopic (exact) mass is 202 g/mol. The molecule has 0 radical (unpaired) electrons. The van der Waals surface area contributed by atoms with Gasteiger partial charge in [-0.3, -0.25) is 4.79 Å². The third-order valence-corrected chi connectivity index (χ3v) is 3.06. The van der Waals surface area contributed by atoms with E-state index in [0.717, 1.165) is 12.8 Å². The van der Waals surface area contributed by atoms with E-state index in [0.29, 0.717) is 6.04 Å². The zero-order valence-corrected chi connectivity index (χ0v) is 8.65. The molecule has 3 heteroatoms. The molecule has 0 aromatic carbocycles. The Bertz CT molecular complexity index is 436. The third kappa shape index (κ3) is 1.94. The minimum atomic E-state index is -0.132. The molecular formula is C12H14N2O. The van der Waals surface area contributed by atoms with Crippen molar-refractivity contribution >= 4 is 0 Å². The van der Waals surface area contributed by atoms with Gasteiger partial charge in [0.2, 0.25) is 0 Å². The molecule has 0 atom stereocenters. The van der Waals surface area contributed by atoms with Crippen LogP contribution in [0.2, 0.25) is 0 Å². The standard InChI is InChI=1S/C12H14N2O/c13-9-10-5-4-8-14(12(10)15)11-6-2-1-3-7-11/h4-5,8,11H,1-3,6-7H2. The van der Waals surface area contributed by atoms with E-state index in [9.17, 15) is 4.79 Å². The highest BCUT2D eigenvalue weighted by atomic mass is 16.1. The molecule has 1 aliphatic rings. The molecule has 0 unspecified atom stereocenters. The number of hydrogen-bond acceptors (Lipinski definition) is 2. The Morgan fingerprint density at radius 1 is 1.33 bits per heavy atom. The van der Waals surface area contributed by atoms with Crippen LogP contribution in [0.5, 0.6) is 0 Å². The van der Waals surface area contributed by atoms with E-state index in [1.807, 2.05) is 6.07 Å². The van der Waals surface area contributed by atoms with Crippen molar-refractivity contribution in [2.75, 3.05) is 0 Å². The Balaban J connectivity index is 2.36. The summed E-state index contributed by atoms with van der Waals surface area (Å²) >= 11 is 0. The lowest BCUT2D eigenvalue weighted by Crippen LogP contribution is -2.27. The van der Waals surface area contributed by atoms with Crippen molar-refractivity contribution in [2.45, 2.75) is 38.1 Å². The first-order chi connectivity index (χ1) is 7.33. The van der Waals surface area contributed by atoms with Gasteiger partial charge in [-0.15, -0.1) is 0 Å². The average molecular weight is 202 g/mol. The summed E-state index contributed by atoms with van der Waals surface area (Å²) in [5, 5.41) is 8.78. The first-order valence-corrected chi connectivity index (χ1v) is 5.44. The molecule has 1 aliphatic carbocycles. The van der Waals surface area contributed by atoms with E-state index >= 15 is 0 Å². The summed E-state index contributed by atoms with van der Waals surface area (Å²) in [4.78, 5) is 11.8. The maximum absolute atomic E-state index is 11.8. The first kappa shape index (κ1) is 9.97. The number of nitrogens with zero attached hydrogens (tertiary/aromatic N) is 2. The van der Waals surface area contributed by atoms with Gasteiger partial charge in [0, 0.05) is 12.2 Å². The van der Waals surface area contributed by atoms with Crippen LogP contribution in [0.3, 0.4) is 0 Å². The molecule has 2 rings (SSSR count). The summed E-state index contributed by atoms with van der Waals surface area (Å²) in [6, 6.07) is 5.62. The molecule has 1 fully saturated rings. The molecule has 3 nitrogen and oxygen atoms in total. The van der Waals surface area contributed by atoms with E-state index in [-0.39, 0.29) is 11.1 Å². The summed E-state index contributed by atoms with van der Waals surface area (Å²) in [6.45, 7) is 0. The highest BCUT2D eigenvalue weighted by Gasteiger charge is 2.16. The van der Waals surface area contributed by atoms with Crippen LogP contribution in [0.1, 0.15) is 43.7 Å². The summed E-state index contributed by atoms with van der Waals surface area (Å²) in [5.74, 6) is 0. The minimum Gasteiger partial charge on any atom is -0.311 e. The lowest BCUT2D eigenvalue weighted by molar-refractivity contribution is 0.346. The molecule has 78 valence electrons. The fourth-order valence-electron chi connectivity index (χ4n) is 2.24. The maximum Gasteiger partial charge on any atom is 0.268 e. The predicted octanol–water partition coefficient (Wildman–Crippen LogP) is 2.23. The van der Waals surface area contributed by atoms with Gasteiger partial charge in [-0.05, 0) is 25.0 Å². The molecule has 0 aliphatic heterocycles. The van der Waals surface area contributed by atoms with Crippen molar-refractivity contribution in [3.8, 4) is 6.07 Å². The van der Waals surface area contributed by atoms with Gasteiger partial charge in [-0.2, -0.15) is 5.26 Å². The van der Waals surface area contributed by atoms with Crippen molar-refractivity contribution in [2.24, 2.45) is 0 Å². The highest BCUT2D eigenvalue weighted by Crippen LogP contribution is 2.26. The molecule has 1 saturated carbocycles. The van der Waals surface area contributed by atoms with E-state index in [1.54, 1.807) is 22.9 Å². The van der Waals surface area contributed by atoms with Crippen LogP contribution in [-0.4, -0.2) is 4.57 Å². The lowest BCUT2D eigenvalue weighted by atomic mass is 9.95. The van der Waals surface area contributed by atoms with Gasteiger partial charge in [0.15, 0.2) is 0 Å². The van der Waals surface area contributed by atoms with Crippen molar-refractivity contribution in [1.82, 2.24) is 4.57 Å². The van der Waals surface area contributed by atoms with Crippen LogP contribution in [-0.2, 0) is 0 Å². The molecular weight excluding hydrogens is 188 g/mol. The van der Waals surface area contributed by atoms with Crippen LogP contribution in [0.15, 0.2) is 23.1 Å². The molecule has 15 heavy (non-hydrogen) atoms. The summed E-state index contributed by atoms with van der Waals surface area (Å²) in [5.41, 5.74) is 0.120. The summed E-state index contributed by atoms with van der Waals surface area (Å²) in [6.07, 6.45) is 7.58. The van der Waals surface area contributed by atoms with Gasteiger partial charge in [-0.25, -0.2) is 0 Å². The average Bonchev–Trinajstić information content (AvgIpc) is 2.30. The van der Waals surface area contributed by atoms with Crippen molar-refractivity contribution in [3.05, 3.63) is 34.2 Å². The Morgan fingerprint density at radius 3 is 2.73 bits per heavy atom. The second-order valence-corrected chi connectivity index (χ2v) is 4.04. The highest BCUT2D eigenvalue weighted by molar-refractivity contribution is 5.25. The number of aromatic nitrogens is 1. The molecule has 1 aromatic rings. The molecule has 0 saturated heterocycles. The molecule has 1 heterocycles. The summed E-state index contributed by atoms with van der Waals surface area (Å²) < 4.78 is 1.73. The SMILES string of the molecule is N#Cc1cccn(C2CCCCC2)c1=O. The fourth-order valence-corrected chi connectivity index (χ4v) is 2.24. The van der Waals surface area contributed by atoms with Crippen LogP contribution < -0.4 is 5.56 Å². The molecule has 0 spiro atoms. The fraction of sp³-hybridized carbons (Fsp3) is 0.500. The Kier molecular flexibility index (Phi) is 2.86. The van der Waals surface area contributed by atoms with Crippen molar-refractivity contribution in [3.63, 3.8) is 0 Å². The second kappa shape index (κ2) is 4.31. The van der Waals surface area contributed by atoms with Crippen LogP contribution in [0.25, 0.3) is 0 Å². The third-order valence-electron chi connectivity index (χ3n) is 3.06. The Morgan fingerprint density at radius 2 is 2.07 bits per heavy atom. The van der Waals surface area contributed by atoms with E-state index in [1.165, 1.54) is 19.3 Å². The zero-order chi connectivity index (χ0) is 10.7. The van der Waals surface area contributed by atoms with Gasteiger partial charge >= 0.3 is 0 Å². The minimum absolute atomic E-state index is 0.132. The van der Waals surface area contributed by atoms with Gasteiger partial charge in [0.05, 0.1) is 0 Å². The van der Waals surface area contributed by atoms with Crippen molar-refractivity contribution < 1.29 is 0 Å². The van der Waals surface area contributed by atoms with Gasteiger partial charge in [-0.1, -0.05) is 19.3 Å². The summed E-state index contributed by atoms with van der Waals surface area (Å²) in [7, 11) is 0. The topological polar surface area (TPSA) is 45.8 Å². The smallest absolute Gasteiger partial charge is 0.268 e. The van der Waals surface area contributed by atoms with E-state index in [4.69, 9.17) is 5.26 Å². The molecule has 1 aromatic heterocycles. The number of hydrogen-bond donors (Lipinski definition) is 0. The van der Waals surface area contributed by atoms with Crippen LogP contribution in [0.4, 0.5) is 0 Å². The van der Waals surface area contributed by atoms with Gasteiger partial charge in [0.1, 0.15) is 11.6 Å². The normalized spacial score (nSPS) is 17.3. The zero-order valence-electron chi connectivity index (χ0n) is 8.65. The first-order valence-electron chi connectivity index (χ1n) is 5.44. The number of rotatable bonds is 1. The number of nitriles is 1. The maximum atomic E-state index is 11.8. The van der Waals surface area contributed by atoms with Gasteiger partial charge < -0.3 is 4.57 Å². The Labute approximate surface area is 89.0 Å². The van der Waals surface area contributed by atoms with E-state index < -0.39 is 0 Å². The predicted molar refractivity (Wildman–Crippen MR) is 57.5 cm³/mol. The lowest BCUT2D eigenvalue weighted by Gasteiger charge is -2.23. The largest absolute Gasteiger partial charge is 0.311 e. The van der Waals surface area contributed by atoms with Gasteiger partial charge in [0.25, 0.3) is 5.56 Å². The molecule has 0 bridgehead atoms. The van der Waals surface area contributed by atoms with Crippen molar-refractivity contribution in [1.29, 1.82) is 5.26 Å². The quantitative estimate of drug-likeness (QED) is 0.701. The molecule has 0 amide bonds.